The van der Waals surface area contributed by atoms with Gasteiger partial charge in [0.05, 0.1) is 0 Å². The average Bonchev–Trinajstić information content (AvgIpc) is 2.47. The topological polar surface area (TPSA) is 63.6 Å². The Morgan fingerprint density at radius 3 is 2.62 bits per heavy atom. The molecule has 0 unspecified atom stereocenters. The van der Waals surface area contributed by atoms with Crippen LogP contribution < -0.4 is 5.69 Å². The molecule has 1 N–H and O–H groups in total. The number of nitrogens with zero attached hydrogens (tertiary/aromatic N) is 3. The summed E-state index contributed by atoms with van der Waals surface area (Å²) in [5.41, 5.74) is 0.533. The van der Waals surface area contributed by atoms with Crippen LogP contribution in [-0.2, 0) is 7.05 Å². The zero-order valence-corrected chi connectivity index (χ0v) is 7.06. The third-order valence-corrected chi connectivity index (χ3v) is 1.73. The van der Waals surface area contributed by atoms with Crippen molar-refractivity contribution in [2.75, 3.05) is 0 Å². The summed E-state index contributed by atoms with van der Waals surface area (Å²) in [4.78, 5) is 18.6. The first-order valence-electron chi connectivity index (χ1n) is 3.81. The maximum Gasteiger partial charge on any atom is 0.361 e. The number of hydrogen-bond donors (Lipinski definition) is 1. The number of hydrogen-bond acceptors (Lipinski definition) is 3. The van der Waals surface area contributed by atoms with Crippen LogP contribution in [-0.4, -0.2) is 19.7 Å². The van der Waals surface area contributed by atoms with Crippen molar-refractivity contribution in [3.8, 4) is 11.4 Å². The Kier molecular flexibility index (Phi) is 1.70. The molecule has 0 radical (unpaired) electrons. The van der Waals surface area contributed by atoms with Gasteiger partial charge in [0.15, 0.2) is 5.82 Å². The van der Waals surface area contributed by atoms with Crippen LogP contribution >= 0.6 is 0 Å². The summed E-state index contributed by atoms with van der Waals surface area (Å²) in [6.45, 7) is 0. The molecule has 0 aliphatic rings. The van der Waals surface area contributed by atoms with Gasteiger partial charge in [0.2, 0.25) is 0 Å². The molecule has 0 amide bonds. The van der Waals surface area contributed by atoms with Crippen LogP contribution in [0.15, 0.2) is 29.3 Å². The van der Waals surface area contributed by atoms with Gasteiger partial charge in [0.25, 0.3) is 0 Å². The Bertz CT molecular complexity index is 456. The normalized spacial score (nSPS) is 10.2. The van der Waals surface area contributed by atoms with E-state index in [4.69, 9.17) is 0 Å². The molecular formula is C8H8N4O. The van der Waals surface area contributed by atoms with Crippen LogP contribution in [0, 0.1) is 0 Å². The van der Waals surface area contributed by atoms with Gasteiger partial charge in [-0.05, 0) is 12.1 Å². The predicted octanol–water partition coefficient (Wildman–Crippen LogP) is 0.170. The first-order chi connectivity index (χ1) is 6.27. The van der Waals surface area contributed by atoms with Crippen LogP contribution in [0.5, 0.6) is 0 Å². The highest BCUT2D eigenvalue weighted by atomic mass is 16.1. The third-order valence-electron chi connectivity index (χ3n) is 1.73. The maximum atomic E-state index is 10.9. The lowest BCUT2D eigenvalue weighted by Gasteiger charge is -1.98. The Morgan fingerprint density at radius 2 is 2.08 bits per heavy atom. The van der Waals surface area contributed by atoms with Crippen molar-refractivity contribution in [3.63, 3.8) is 0 Å². The van der Waals surface area contributed by atoms with Gasteiger partial charge >= 0.3 is 5.69 Å². The van der Waals surface area contributed by atoms with E-state index in [0.717, 1.165) is 5.56 Å². The van der Waals surface area contributed by atoms with Gasteiger partial charge in [0.1, 0.15) is 0 Å². The quantitative estimate of drug-likeness (QED) is 0.673. The lowest BCUT2D eigenvalue weighted by molar-refractivity contribution is 0.764. The van der Waals surface area contributed by atoms with Crippen molar-refractivity contribution >= 4 is 0 Å². The minimum absolute atomic E-state index is 0.339. The molecule has 0 fully saturated rings. The molecule has 5 heteroatoms. The van der Waals surface area contributed by atoms with Gasteiger partial charge in [-0.25, -0.2) is 9.89 Å². The van der Waals surface area contributed by atoms with E-state index in [9.17, 15) is 4.79 Å². The summed E-state index contributed by atoms with van der Waals surface area (Å²) in [5, 5.41) is 2.54. The Morgan fingerprint density at radius 1 is 1.38 bits per heavy atom. The molecule has 13 heavy (non-hydrogen) atoms. The number of rotatable bonds is 1. The first kappa shape index (κ1) is 7.72. The maximum absolute atomic E-state index is 10.9. The standard InChI is InChI=1S/C8H8N4O/c1-12-7(10-8(13)11-12)6-2-4-9-5-3-6/h2-5H,1H3,(H,11,13). The number of pyridine rings is 1. The SMILES string of the molecule is Cn1[nH]c(=O)nc1-c1ccncc1. The van der Waals surface area contributed by atoms with Crippen molar-refractivity contribution in [2.24, 2.45) is 7.05 Å². The lowest BCUT2D eigenvalue weighted by Crippen LogP contribution is -2.03. The summed E-state index contributed by atoms with van der Waals surface area (Å²) in [5.74, 6) is 0.618. The van der Waals surface area contributed by atoms with E-state index in [-0.39, 0.29) is 5.69 Å². The number of nitrogens with one attached hydrogen (secondary N) is 1. The summed E-state index contributed by atoms with van der Waals surface area (Å²) in [6.07, 6.45) is 3.32. The summed E-state index contributed by atoms with van der Waals surface area (Å²) < 4.78 is 1.58. The van der Waals surface area contributed by atoms with Gasteiger partial charge in [-0.1, -0.05) is 0 Å². The third kappa shape index (κ3) is 1.35. The average molecular weight is 176 g/mol. The summed E-state index contributed by atoms with van der Waals surface area (Å²) in [7, 11) is 1.74. The molecule has 0 bridgehead atoms. The highest BCUT2D eigenvalue weighted by molar-refractivity contribution is 5.53. The molecule has 2 heterocycles. The van der Waals surface area contributed by atoms with Crippen molar-refractivity contribution < 1.29 is 0 Å². The minimum Gasteiger partial charge on any atom is -0.269 e. The van der Waals surface area contributed by atoms with Crippen molar-refractivity contribution in [1.29, 1.82) is 0 Å². The molecule has 0 saturated carbocycles. The zero-order valence-electron chi connectivity index (χ0n) is 7.06. The van der Waals surface area contributed by atoms with E-state index in [1.54, 1.807) is 36.3 Å². The van der Waals surface area contributed by atoms with E-state index in [1.165, 1.54) is 0 Å². The fourth-order valence-electron chi connectivity index (χ4n) is 1.15. The minimum atomic E-state index is -0.339. The van der Waals surface area contributed by atoms with Crippen LogP contribution in [0.2, 0.25) is 0 Å². The second kappa shape index (κ2) is 2.85. The van der Waals surface area contributed by atoms with Gasteiger partial charge in [-0.15, -0.1) is 0 Å². The number of aromatic amines is 1. The van der Waals surface area contributed by atoms with Crippen LogP contribution in [0.1, 0.15) is 0 Å². The summed E-state index contributed by atoms with van der Waals surface area (Å²) >= 11 is 0. The first-order valence-corrected chi connectivity index (χ1v) is 3.81. The molecule has 0 atom stereocenters. The van der Waals surface area contributed by atoms with Gasteiger partial charge in [0, 0.05) is 25.0 Å². The molecule has 2 rings (SSSR count). The predicted molar refractivity (Wildman–Crippen MR) is 47.1 cm³/mol. The largest absolute Gasteiger partial charge is 0.361 e. The van der Waals surface area contributed by atoms with Crippen LogP contribution in [0.3, 0.4) is 0 Å². The zero-order chi connectivity index (χ0) is 9.26. The molecule has 0 aliphatic heterocycles. The van der Waals surface area contributed by atoms with E-state index >= 15 is 0 Å². The van der Waals surface area contributed by atoms with E-state index in [2.05, 4.69) is 15.1 Å². The highest BCUT2D eigenvalue weighted by Gasteiger charge is 2.04. The summed E-state index contributed by atoms with van der Waals surface area (Å²) in [6, 6.07) is 3.60. The van der Waals surface area contributed by atoms with E-state index < -0.39 is 0 Å². The van der Waals surface area contributed by atoms with Crippen molar-refractivity contribution in [2.45, 2.75) is 0 Å². The second-order valence-corrected chi connectivity index (χ2v) is 2.65. The Balaban J connectivity index is 2.59. The van der Waals surface area contributed by atoms with Gasteiger partial charge in [-0.3, -0.25) is 9.67 Å². The number of aromatic nitrogens is 4. The lowest BCUT2D eigenvalue weighted by atomic mass is 10.2. The fraction of sp³-hybridized carbons (Fsp3) is 0.125. The molecule has 0 aromatic carbocycles. The molecule has 0 spiro atoms. The highest BCUT2D eigenvalue weighted by Crippen LogP contribution is 2.11. The molecule has 66 valence electrons. The Labute approximate surface area is 74.1 Å². The monoisotopic (exact) mass is 176 g/mol. The number of H-pyrrole nitrogens is 1. The van der Waals surface area contributed by atoms with E-state index in [1.807, 2.05) is 0 Å². The smallest absolute Gasteiger partial charge is 0.269 e. The van der Waals surface area contributed by atoms with Crippen LogP contribution in [0.25, 0.3) is 11.4 Å². The van der Waals surface area contributed by atoms with Crippen molar-refractivity contribution in [1.82, 2.24) is 19.7 Å². The molecular weight excluding hydrogens is 168 g/mol. The molecule has 0 saturated heterocycles. The van der Waals surface area contributed by atoms with Crippen molar-refractivity contribution in [3.05, 3.63) is 35.0 Å². The molecule has 2 aromatic heterocycles. The molecule has 2 aromatic rings. The van der Waals surface area contributed by atoms with Crippen LogP contribution in [0.4, 0.5) is 0 Å². The van der Waals surface area contributed by atoms with Gasteiger partial charge in [-0.2, -0.15) is 4.98 Å². The second-order valence-electron chi connectivity index (χ2n) is 2.65. The Hall–Kier alpha value is -1.91. The molecule has 5 nitrogen and oxygen atoms in total. The van der Waals surface area contributed by atoms with E-state index in [0.29, 0.717) is 5.82 Å². The number of aryl methyl sites for hydroxylation is 1. The fourth-order valence-corrected chi connectivity index (χ4v) is 1.15. The molecule has 0 aliphatic carbocycles. The van der Waals surface area contributed by atoms with Gasteiger partial charge < -0.3 is 0 Å².